The molecule has 0 aliphatic carbocycles. The second-order valence-electron chi connectivity index (χ2n) is 6.14. The van der Waals surface area contributed by atoms with Gasteiger partial charge in [0.1, 0.15) is 5.75 Å². The number of hydrogen-bond donors (Lipinski definition) is 1. The molecule has 0 heterocycles. The number of carbonyl (C=O) groups is 1. The Labute approximate surface area is 149 Å². The number of para-hydroxylation sites is 1. The van der Waals surface area contributed by atoms with Crippen molar-refractivity contribution in [3.63, 3.8) is 0 Å². The molecule has 24 heavy (non-hydrogen) atoms. The molecule has 0 saturated heterocycles. The predicted molar refractivity (Wildman–Crippen MR) is 100 cm³/mol. The summed E-state index contributed by atoms with van der Waals surface area (Å²) in [5.41, 5.74) is 4.07. The molecule has 0 aliphatic heterocycles. The Bertz CT molecular complexity index is 726. The van der Waals surface area contributed by atoms with Crippen LogP contribution in [0.25, 0.3) is 0 Å². The third-order valence-corrected chi connectivity index (χ3v) is 4.33. The van der Waals surface area contributed by atoms with Crippen LogP contribution in [-0.2, 0) is 11.2 Å². The van der Waals surface area contributed by atoms with Gasteiger partial charge >= 0.3 is 0 Å². The number of hydrogen-bond acceptors (Lipinski definition) is 2. The second-order valence-corrected chi connectivity index (χ2v) is 6.54. The molecular formula is C20H24ClNO2. The van der Waals surface area contributed by atoms with E-state index in [1.807, 2.05) is 38.1 Å². The van der Waals surface area contributed by atoms with Crippen molar-refractivity contribution >= 4 is 23.2 Å². The van der Waals surface area contributed by atoms with E-state index in [9.17, 15) is 4.79 Å². The summed E-state index contributed by atoms with van der Waals surface area (Å²) in [6, 6.07) is 11.5. The van der Waals surface area contributed by atoms with E-state index in [2.05, 4.69) is 19.2 Å². The summed E-state index contributed by atoms with van der Waals surface area (Å²) in [4.78, 5) is 12.3. The fourth-order valence-electron chi connectivity index (χ4n) is 2.58. The molecule has 0 radical (unpaired) electrons. The van der Waals surface area contributed by atoms with Gasteiger partial charge in [0.25, 0.3) is 5.91 Å². The van der Waals surface area contributed by atoms with Crippen LogP contribution < -0.4 is 10.1 Å². The second kappa shape index (κ2) is 8.20. The molecule has 2 rings (SSSR count). The quantitative estimate of drug-likeness (QED) is 0.766. The van der Waals surface area contributed by atoms with Gasteiger partial charge in [-0.1, -0.05) is 50.6 Å². The lowest BCUT2D eigenvalue weighted by atomic mass is 9.98. The highest BCUT2D eigenvalue weighted by Crippen LogP contribution is 2.27. The monoisotopic (exact) mass is 345 g/mol. The maximum Gasteiger partial charge on any atom is 0.262 e. The van der Waals surface area contributed by atoms with Crippen molar-refractivity contribution in [1.29, 1.82) is 0 Å². The van der Waals surface area contributed by atoms with Gasteiger partial charge in [-0.15, -0.1) is 0 Å². The largest absolute Gasteiger partial charge is 0.484 e. The molecule has 0 aliphatic rings. The fraction of sp³-hybridized carbons (Fsp3) is 0.350. The van der Waals surface area contributed by atoms with Gasteiger partial charge in [0.2, 0.25) is 0 Å². The van der Waals surface area contributed by atoms with Gasteiger partial charge < -0.3 is 10.1 Å². The predicted octanol–water partition coefficient (Wildman–Crippen LogP) is 5.35. The minimum Gasteiger partial charge on any atom is -0.484 e. The van der Waals surface area contributed by atoms with E-state index in [-0.39, 0.29) is 12.5 Å². The molecule has 2 aromatic rings. The van der Waals surface area contributed by atoms with Crippen LogP contribution in [0.5, 0.6) is 5.75 Å². The van der Waals surface area contributed by atoms with E-state index >= 15 is 0 Å². The highest BCUT2D eigenvalue weighted by Gasteiger charge is 2.12. The number of aryl methyl sites for hydroxylation is 2. The molecule has 1 amide bonds. The first kappa shape index (κ1) is 18.3. The highest BCUT2D eigenvalue weighted by atomic mass is 35.5. The Morgan fingerprint density at radius 1 is 1.25 bits per heavy atom. The zero-order chi connectivity index (χ0) is 17.7. The van der Waals surface area contributed by atoms with E-state index in [1.165, 1.54) is 0 Å². The van der Waals surface area contributed by atoms with Crippen LogP contribution in [0.15, 0.2) is 36.4 Å². The zero-order valence-corrected chi connectivity index (χ0v) is 15.4. The summed E-state index contributed by atoms with van der Waals surface area (Å²) in [6.45, 7) is 8.22. The molecule has 4 heteroatoms. The van der Waals surface area contributed by atoms with Gasteiger partial charge in [-0.25, -0.2) is 0 Å². The maximum atomic E-state index is 12.3. The Hall–Kier alpha value is -2.00. The molecule has 0 unspecified atom stereocenters. The van der Waals surface area contributed by atoms with Crippen LogP contribution in [0.3, 0.4) is 0 Å². The standard InChI is InChI=1S/C20H24ClNO2/c1-5-15-11-16(9-10-18(15)21)24-12-19(23)22-20-14(4)7-6-8-17(20)13(2)3/h6-11,13H,5,12H2,1-4H3,(H,22,23). The van der Waals surface area contributed by atoms with Crippen LogP contribution >= 0.6 is 11.6 Å². The van der Waals surface area contributed by atoms with Crippen molar-refractivity contribution in [1.82, 2.24) is 0 Å². The summed E-state index contributed by atoms with van der Waals surface area (Å²) < 4.78 is 5.61. The summed E-state index contributed by atoms with van der Waals surface area (Å²) in [5.74, 6) is 0.823. The third-order valence-electron chi connectivity index (χ3n) is 3.96. The van der Waals surface area contributed by atoms with Crippen LogP contribution in [0.2, 0.25) is 5.02 Å². The highest BCUT2D eigenvalue weighted by molar-refractivity contribution is 6.31. The van der Waals surface area contributed by atoms with E-state index in [0.717, 1.165) is 33.8 Å². The van der Waals surface area contributed by atoms with Gasteiger partial charge in [0.15, 0.2) is 6.61 Å². The van der Waals surface area contributed by atoms with Crippen molar-refractivity contribution in [2.45, 2.75) is 40.0 Å². The van der Waals surface area contributed by atoms with Gasteiger partial charge in [-0.2, -0.15) is 0 Å². The third kappa shape index (κ3) is 4.51. The van der Waals surface area contributed by atoms with Crippen molar-refractivity contribution in [3.8, 4) is 5.75 Å². The molecule has 0 fully saturated rings. The number of ether oxygens (including phenoxy) is 1. The topological polar surface area (TPSA) is 38.3 Å². The molecule has 0 aromatic heterocycles. The number of rotatable bonds is 6. The smallest absolute Gasteiger partial charge is 0.262 e. The minimum absolute atomic E-state index is 0.0311. The lowest BCUT2D eigenvalue weighted by Crippen LogP contribution is -2.21. The van der Waals surface area contributed by atoms with Crippen molar-refractivity contribution < 1.29 is 9.53 Å². The first-order chi connectivity index (χ1) is 11.4. The van der Waals surface area contributed by atoms with E-state index in [1.54, 1.807) is 12.1 Å². The molecule has 0 saturated carbocycles. The molecule has 0 bridgehead atoms. The molecular weight excluding hydrogens is 322 g/mol. The lowest BCUT2D eigenvalue weighted by molar-refractivity contribution is -0.118. The Morgan fingerprint density at radius 3 is 2.67 bits per heavy atom. The summed E-state index contributed by atoms with van der Waals surface area (Å²) in [6.07, 6.45) is 0.823. The van der Waals surface area contributed by atoms with Gasteiger partial charge in [-0.3, -0.25) is 4.79 Å². The fourth-order valence-corrected chi connectivity index (χ4v) is 2.83. The Kier molecular flexibility index (Phi) is 6.27. The normalized spacial score (nSPS) is 10.8. The van der Waals surface area contributed by atoms with E-state index < -0.39 is 0 Å². The van der Waals surface area contributed by atoms with Crippen molar-refractivity contribution in [2.75, 3.05) is 11.9 Å². The molecule has 2 aromatic carbocycles. The van der Waals surface area contributed by atoms with Crippen LogP contribution in [0.1, 0.15) is 43.4 Å². The molecule has 0 atom stereocenters. The first-order valence-electron chi connectivity index (χ1n) is 8.23. The summed E-state index contributed by atoms with van der Waals surface area (Å²) in [7, 11) is 0. The van der Waals surface area contributed by atoms with Gasteiger partial charge in [0.05, 0.1) is 0 Å². The molecule has 1 N–H and O–H groups in total. The number of anilines is 1. The van der Waals surface area contributed by atoms with Crippen molar-refractivity contribution in [2.24, 2.45) is 0 Å². The molecule has 0 spiro atoms. The van der Waals surface area contributed by atoms with E-state index in [0.29, 0.717) is 11.7 Å². The van der Waals surface area contributed by atoms with Crippen LogP contribution in [0, 0.1) is 6.92 Å². The Balaban J connectivity index is 2.04. The number of carbonyl (C=O) groups excluding carboxylic acids is 1. The Morgan fingerprint density at radius 2 is 2.00 bits per heavy atom. The lowest BCUT2D eigenvalue weighted by Gasteiger charge is -2.16. The van der Waals surface area contributed by atoms with Crippen LogP contribution in [0.4, 0.5) is 5.69 Å². The minimum atomic E-state index is -0.167. The van der Waals surface area contributed by atoms with E-state index in [4.69, 9.17) is 16.3 Å². The van der Waals surface area contributed by atoms with Gasteiger partial charge in [0, 0.05) is 10.7 Å². The summed E-state index contributed by atoms with van der Waals surface area (Å²) >= 11 is 6.10. The van der Waals surface area contributed by atoms with Gasteiger partial charge in [-0.05, 0) is 54.2 Å². The number of halogens is 1. The maximum absolute atomic E-state index is 12.3. The molecule has 3 nitrogen and oxygen atoms in total. The average molecular weight is 346 g/mol. The number of benzene rings is 2. The number of nitrogens with one attached hydrogen (secondary N) is 1. The number of amides is 1. The SMILES string of the molecule is CCc1cc(OCC(=O)Nc2c(C)cccc2C(C)C)ccc1Cl. The van der Waals surface area contributed by atoms with Crippen LogP contribution in [-0.4, -0.2) is 12.5 Å². The zero-order valence-electron chi connectivity index (χ0n) is 14.7. The molecule has 128 valence electrons. The average Bonchev–Trinajstić information content (AvgIpc) is 2.55. The summed E-state index contributed by atoms with van der Waals surface area (Å²) in [5, 5.41) is 3.70. The first-order valence-corrected chi connectivity index (χ1v) is 8.60. The van der Waals surface area contributed by atoms with Crippen molar-refractivity contribution in [3.05, 3.63) is 58.1 Å².